The molecular weight excluding hydrogens is 96.0 g/mol. The van der Waals surface area contributed by atoms with Crippen LogP contribution in [0.2, 0.25) is 0 Å². The zero-order valence-corrected chi connectivity index (χ0v) is 4.01. The highest BCUT2D eigenvalue weighted by atomic mass is 16.4. The monoisotopic (exact) mass is 105 g/mol. The van der Waals surface area contributed by atoms with Crippen LogP contribution in [-0.2, 0) is 4.79 Å². The van der Waals surface area contributed by atoms with E-state index in [4.69, 9.17) is 11.6 Å². The molecule has 0 rings (SSSR count). The Labute approximate surface area is 43.0 Å². The smallest absolute Gasteiger partial charge is 0.305 e. The van der Waals surface area contributed by atoms with Gasteiger partial charge in [0.1, 0.15) is 0 Å². The second-order valence-corrected chi connectivity index (χ2v) is 1.31. The Kier molecular flexibility index (Phi) is 1.69. The molecule has 0 spiro atoms. The molecule has 0 aromatic rings. The van der Waals surface area contributed by atoms with Gasteiger partial charge in [0.25, 0.3) is 0 Å². The molecule has 3 heteroatoms. The van der Waals surface area contributed by atoms with Crippen LogP contribution in [0.4, 0.5) is 0 Å². The Morgan fingerprint density at radius 1 is 2.14 bits per heavy atom. The molecule has 2 N–H and O–H groups in total. The molecule has 1 atom stereocenters. The predicted octanol–water partition coefficient (Wildman–Crippen LogP) is -0.158. The summed E-state index contributed by atoms with van der Waals surface area (Å²) in [6.45, 7) is 1.13. The van der Waals surface area contributed by atoms with Gasteiger partial charge in [0.15, 0.2) is 0 Å². The van der Waals surface area contributed by atoms with Gasteiger partial charge in [-0.1, -0.05) is 0 Å². The van der Waals surface area contributed by atoms with Gasteiger partial charge < -0.3 is 10.2 Å². The molecule has 0 radical (unpaired) electrons. The minimum Gasteiger partial charge on any atom is -0.481 e. The highest BCUT2D eigenvalue weighted by molar-refractivity contribution is 5.67. The summed E-state index contributed by atoms with van der Waals surface area (Å²) in [5, 5.41) is 16.4. The van der Waals surface area contributed by atoms with E-state index >= 15 is 0 Å². The van der Waals surface area contributed by atoms with Crippen LogP contribution in [0.3, 0.4) is 0 Å². The summed E-state index contributed by atoms with van der Waals surface area (Å²) in [6.07, 6.45) is -2.36. The van der Waals surface area contributed by atoms with Gasteiger partial charge in [-0.3, -0.25) is 4.79 Å². The van der Waals surface area contributed by atoms with Crippen molar-refractivity contribution in [2.75, 3.05) is 0 Å². The van der Waals surface area contributed by atoms with Crippen LogP contribution in [0.15, 0.2) is 0 Å². The number of hydrogen-bond acceptors (Lipinski definition) is 2. The summed E-state index contributed by atoms with van der Waals surface area (Å²) in [6, 6.07) is 0. The fourth-order valence-corrected chi connectivity index (χ4v) is 0.219. The van der Waals surface area contributed by atoms with Gasteiger partial charge >= 0.3 is 5.97 Å². The fourth-order valence-electron chi connectivity index (χ4n) is 0.219. The molecule has 42 valence electrons. The van der Waals surface area contributed by atoms with Gasteiger partial charge in [0.05, 0.1) is 13.9 Å². The van der Waals surface area contributed by atoms with Crippen molar-refractivity contribution in [3.05, 3.63) is 0 Å². The summed E-state index contributed by atoms with van der Waals surface area (Å²) in [5.41, 5.74) is 0. The van der Waals surface area contributed by atoms with E-state index in [0.717, 1.165) is 6.92 Å². The van der Waals surface area contributed by atoms with E-state index in [1.54, 1.807) is 0 Å². The van der Waals surface area contributed by atoms with E-state index in [9.17, 15) is 4.79 Å². The van der Waals surface area contributed by atoms with Crippen molar-refractivity contribution in [1.29, 1.82) is 0 Å². The van der Waals surface area contributed by atoms with Crippen LogP contribution >= 0.6 is 0 Å². The first-order valence-corrected chi connectivity index (χ1v) is 1.86. The lowest BCUT2D eigenvalue weighted by Gasteiger charge is -1.94. The van der Waals surface area contributed by atoms with Crippen molar-refractivity contribution < 1.29 is 16.4 Å². The molecule has 0 amide bonds. The summed E-state index contributed by atoms with van der Waals surface area (Å²) >= 11 is 0. The zero-order valence-electron chi connectivity index (χ0n) is 5.01. The molecule has 0 aliphatic carbocycles. The lowest BCUT2D eigenvalue weighted by atomic mass is 10.3. The van der Waals surface area contributed by atoms with Crippen LogP contribution in [0.5, 0.6) is 0 Å². The van der Waals surface area contributed by atoms with Gasteiger partial charge in [-0.05, 0) is 6.92 Å². The van der Waals surface area contributed by atoms with Crippen molar-refractivity contribution in [3.63, 3.8) is 0 Å². The normalized spacial score (nSPS) is 20.0. The standard InChI is InChI=1S/C4H8O3/c1-3(5)2-4(6)7/h3,5H,2H2,1H3,(H,6,7)/i3D. The molecule has 0 aliphatic heterocycles. The first-order chi connectivity index (χ1) is 3.42. The maximum Gasteiger partial charge on any atom is 0.305 e. The Morgan fingerprint density at radius 3 is 2.57 bits per heavy atom. The molecule has 0 aliphatic rings. The Hall–Kier alpha value is -0.570. The Balaban J connectivity index is 3.55. The largest absolute Gasteiger partial charge is 0.481 e. The van der Waals surface area contributed by atoms with Gasteiger partial charge in [0, 0.05) is 0 Å². The van der Waals surface area contributed by atoms with Crippen molar-refractivity contribution in [1.82, 2.24) is 0 Å². The van der Waals surface area contributed by atoms with Crippen molar-refractivity contribution in [2.24, 2.45) is 0 Å². The van der Waals surface area contributed by atoms with Crippen LogP contribution in [-0.4, -0.2) is 22.3 Å². The minimum absolute atomic E-state index is 0.535. The van der Waals surface area contributed by atoms with E-state index in [2.05, 4.69) is 0 Å². The highest BCUT2D eigenvalue weighted by Crippen LogP contribution is 1.85. The molecular formula is C4H8O3. The van der Waals surface area contributed by atoms with Crippen molar-refractivity contribution >= 4 is 5.97 Å². The fraction of sp³-hybridized carbons (Fsp3) is 0.750. The van der Waals surface area contributed by atoms with E-state index in [1.165, 1.54) is 0 Å². The number of rotatable bonds is 2. The zero-order chi connectivity index (χ0) is 6.78. The SMILES string of the molecule is [2H]C(C)(O)CC(=O)O. The predicted molar refractivity (Wildman–Crippen MR) is 23.9 cm³/mol. The molecule has 0 saturated heterocycles. The second-order valence-electron chi connectivity index (χ2n) is 1.31. The number of carbonyl (C=O) groups is 1. The van der Waals surface area contributed by atoms with Crippen LogP contribution in [0.25, 0.3) is 0 Å². The maximum atomic E-state index is 9.73. The first kappa shape index (κ1) is 4.59. The van der Waals surface area contributed by atoms with Gasteiger partial charge in [-0.25, -0.2) is 0 Å². The number of hydrogen-bond donors (Lipinski definition) is 2. The van der Waals surface area contributed by atoms with E-state index in [-0.39, 0.29) is 0 Å². The number of carboxylic acid groups (broad SMARTS) is 1. The Bertz CT molecular complexity index is 93.9. The molecule has 0 fully saturated rings. The van der Waals surface area contributed by atoms with Crippen molar-refractivity contribution in [3.8, 4) is 0 Å². The van der Waals surface area contributed by atoms with Gasteiger partial charge in [-0.15, -0.1) is 0 Å². The molecule has 1 unspecified atom stereocenters. The first-order valence-electron chi connectivity index (χ1n) is 2.36. The molecule has 0 bridgehead atoms. The number of aliphatic carboxylic acids is 1. The molecule has 0 aromatic carbocycles. The van der Waals surface area contributed by atoms with Crippen molar-refractivity contribution in [2.45, 2.75) is 19.4 Å². The van der Waals surface area contributed by atoms with Crippen LogP contribution < -0.4 is 0 Å². The molecule has 7 heavy (non-hydrogen) atoms. The second kappa shape index (κ2) is 2.58. The molecule has 0 aromatic heterocycles. The maximum absolute atomic E-state index is 9.73. The quantitative estimate of drug-likeness (QED) is 0.513. The summed E-state index contributed by atoms with van der Waals surface area (Å²) < 4.78 is 6.64. The lowest BCUT2D eigenvalue weighted by molar-refractivity contribution is -0.138. The van der Waals surface area contributed by atoms with Crippen LogP contribution in [0.1, 0.15) is 14.7 Å². The third-order valence-electron chi connectivity index (χ3n) is 0.407. The summed E-state index contributed by atoms with van der Waals surface area (Å²) in [7, 11) is 0. The third-order valence-corrected chi connectivity index (χ3v) is 0.407. The topological polar surface area (TPSA) is 57.5 Å². The average Bonchev–Trinajstić information content (AvgIpc) is 1.21. The summed E-state index contributed by atoms with van der Waals surface area (Å²) in [5.74, 6) is -1.16. The van der Waals surface area contributed by atoms with Crippen LogP contribution in [0, 0.1) is 0 Å². The summed E-state index contributed by atoms with van der Waals surface area (Å²) in [4.78, 5) is 9.73. The number of carboxylic acids is 1. The highest BCUT2D eigenvalue weighted by Gasteiger charge is 2.00. The molecule has 3 nitrogen and oxygen atoms in total. The number of aliphatic hydroxyl groups is 1. The average molecular weight is 105 g/mol. The van der Waals surface area contributed by atoms with E-state index in [0.29, 0.717) is 0 Å². The van der Waals surface area contributed by atoms with E-state index in [1.807, 2.05) is 0 Å². The lowest BCUT2D eigenvalue weighted by Crippen LogP contribution is -2.07. The minimum atomic E-state index is -1.83. The molecule has 0 heterocycles. The van der Waals surface area contributed by atoms with Gasteiger partial charge in [0.2, 0.25) is 0 Å². The van der Waals surface area contributed by atoms with E-state index < -0.39 is 18.5 Å². The Morgan fingerprint density at radius 2 is 2.57 bits per heavy atom. The molecule has 0 saturated carbocycles. The third kappa shape index (κ3) is 5.43. The van der Waals surface area contributed by atoms with Gasteiger partial charge in [-0.2, -0.15) is 0 Å².